The number of nitrogens with zero attached hydrogens (tertiary/aromatic N) is 5. The molecule has 0 aliphatic carbocycles. The predicted octanol–water partition coefficient (Wildman–Crippen LogP) is 0.850. The van der Waals surface area contributed by atoms with Crippen molar-refractivity contribution in [2.45, 2.75) is 49.2 Å². The summed E-state index contributed by atoms with van der Waals surface area (Å²) in [6, 6.07) is 8.22. The fraction of sp³-hybridized carbons (Fsp3) is 0.476. The number of nitrogens with one attached hydrogen (secondary N) is 2. The lowest BCUT2D eigenvalue weighted by molar-refractivity contribution is -0.141. The molecule has 3 heterocycles. The molecule has 2 aliphatic rings. The molecule has 4 rings (SSSR count). The Bertz CT molecular complexity index is 1180. The van der Waals surface area contributed by atoms with Crippen LogP contribution in [0.4, 0.5) is 15.9 Å². The van der Waals surface area contributed by atoms with Crippen LogP contribution in [0.5, 0.6) is 0 Å². The number of anilines is 2. The van der Waals surface area contributed by atoms with Gasteiger partial charge in [0.15, 0.2) is 12.4 Å². The van der Waals surface area contributed by atoms with Crippen LogP contribution in [-0.4, -0.2) is 69.5 Å². The first kappa shape index (κ1) is 24.4. The molecule has 0 radical (unpaired) electrons. The van der Waals surface area contributed by atoms with Crippen LogP contribution in [0.1, 0.15) is 18.2 Å². The van der Waals surface area contributed by atoms with Crippen molar-refractivity contribution >= 4 is 17.5 Å². The van der Waals surface area contributed by atoms with Gasteiger partial charge in [0.1, 0.15) is 18.0 Å². The largest absolute Gasteiger partial charge is 0.467 e. The number of carbonyl (C=O) groups excluding carboxylic acids is 1. The first-order valence-electron chi connectivity index (χ1n) is 10.8. The zero-order valence-corrected chi connectivity index (χ0v) is 18.6. The molecule has 4 N–H and O–H groups in total. The number of aromatic nitrogens is 2. The molecule has 6 atom stereocenters. The van der Waals surface area contributed by atoms with Crippen LogP contribution in [0.15, 0.2) is 46.4 Å². The number of ether oxygens (including phenoxy) is 2. The number of esters is 1. The van der Waals surface area contributed by atoms with E-state index in [0.717, 1.165) is 22.0 Å². The molecule has 13 nitrogen and oxygen atoms in total. The lowest BCUT2D eigenvalue weighted by Crippen LogP contribution is -2.43. The van der Waals surface area contributed by atoms with Gasteiger partial charge in [0.2, 0.25) is 5.72 Å². The third-order valence-electron chi connectivity index (χ3n) is 6.08. The van der Waals surface area contributed by atoms with Crippen LogP contribution < -0.4 is 16.3 Å². The second-order valence-electron chi connectivity index (χ2n) is 8.25. The van der Waals surface area contributed by atoms with Crippen molar-refractivity contribution in [1.82, 2.24) is 9.55 Å². The van der Waals surface area contributed by atoms with Crippen molar-refractivity contribution in [2.75, 3.05) is 24.4 Å². The van der Waals surface area contributed by atoms with Crippen molar-refractivity contribution in [3.05, 3.63) is 63.0 Å². The maximum atomic E-state index is 14.7. The number of carbonyl (C=O) groups is 1. The van der Waals surface area contributed by atoms with Crippen molar-refractivity contribution in [2.24, 2.45) is 5.11 Å². The minimum Gasteiger partial charge on any atom is -0.467 e. The molecule has 2 aliphatic heterocycles. The van der Waals surface area contributed by atoms with Gasteiger partial charge >= 0.3 is 11.7 Å². The van der Waals surface area contributed by atoms with E-state index in [2.05, 4.69) is 25.6 Å². The standard InChI is InChI=1S/C21H24FN7O6/c1-34-19(32)14(9-12-8-11-4-2-3-5-13(11)24-12)25-15-6-7-29(20(33)26-15)18-16(22)17(31)21(10-30,35-18)27-28-23/h2-7,12,14,16-18,24,30-31H,8-10H2,1H3,(H,25,26,33)/t12?,14-,16-,17?,18?,21+/m0/s1. The predicted molar refractivity (Wildman–Crippen MR) is 120 cm³/mol. The molecule has 186 valence electrons. The third kappa shape index (κ3) is 4.64. The lowest BCUT2D eigenvalue weighted by atomic mass is 10.0. The zero-order chi connectivity index (χ0) is 25.2. The third-order valence-corrected chi connectivity index (χ3v) is 6.08. The number of hydrogen-bond acceptors (Lipinski definition) is 10. The Morgan fingerprint density at radius 2 is 2.29 bits per heavy atom. The molecule has 1 aromatic heterocycles. The van der Waals surface area contributed by atoms with E-state index < -0.39 is 48.5 Å². The van der Waals surface area contributed by atoms with Gasteiger partial charge in [-0.2, -0.15) is 4.98 Å². The number of aliphatic hydroxyl groups is 2. The van der Waals surface area contributed by atoms with Crippen LogP contribution >= 0.6 is 0 Å². The first-order chi connectivity index (χ1) is 16.8. The molecule has 0 amide bonds. The molecule has 1 aromatic carbocycles. The molecule has 14 heteroatoms. The topological polar surface area (TPSA) is 184 Å². The smallest absolute Gasteiger partial charge is 0.351 e. The number of fused-ring (bicyclic) bond motifs is 1. The highest BCUT2D eigenvalue weighted by Crippen LogP contribution is 2.39. The molecular formula is C21H24FN7O6. The first-order valence-corrected chi connectivity index (χ1v) is 10.8. The van der Waals surface area contributed by atoms with Crippen LogP contribution in [-0.2, 0) is 20.7 Å². The summed E-state index contributed by atoms with van der Waals surface area (Å²) in [6.07, 6.45) is -3.70. The van der Waals surface area contributed by atoms with Gasteiger partial charge in [0.25, 0.3) is 0 Å². The number of alkyl halides is 1. The summed E-state index contributed by atoms with van der Waals surface area (Å²) in [5, 5.41) is 29.0. The highest BCUT2D eigenvalue weighted by atomic mass is 19.1. The second-order valence-corrected chi connectivity index (χ2v) is 8.25. The number of rotatable bonds is 8. The Balaban J connectivity index is 1.50. The van der Waals surface area contributed by atoms with Gasteiger partial charge in [-0.1, -0.05) is 23.3 Å². The Hall–Kier alpha value is -3.71. The van der Waals surface area contributed by atoms with Gasteiger partial charge in [-0.15, -0.1) is 0 Å². The van der Waals surface area contributed by atoms with E-state index in [1.165, 1.54) is 13.2 Å². The van der Waals surface area contributed by atoms with E-state index >= 15 is 0 Å². The normalized spacial score (nSPS) is 27.9. The Morgan fingerprint density at radius 3 is 2.94 bits per heavy atom. The number of para-hydroxylation sites is 1. The summed E-state index contributed by atoms with van der Waals surface area (Å²) in [5.74, 6) is -0.517. The lowest BCUT2D eigenvalue weighted by Gasteiger charge is -2.23. The summed E-state index contributed by atoms with van der Waals surface area (Å²) in [6.45, 7) is -1.00. The summed E-state index contributed by atoms with van der Waals surface area (Å²) < 4.78 is 25.6. The van der Waals surface area contributed by atoms with Crippen molar-refractivity contribution < 1.29 is 28.9 Å². The van der Waals surface area contributed by atoms with Gasteiger partial charge in [-0.05, 0) is 36.1 Å². The van der Waals surface area contributed by atoms with Gasteiger partial charge in [-0.3, -0.25) is 4.57 Å². The molecule has 0 saturated carbocycles. The van der Waals surface area contributed by atoms with Crippen molar-refractivity contribution in [3.8, 4) is 0 Å². The number of methoxy groups -OCH3 is 1. The van der Waals surface area contributed by atoms with Crippen LogP contribution in [0.3, 0.4) is 0 Å². The zero-order valence-electron chi connectivity index (χ0n) is 18.6. The summed E-state index contributed by atoms with van der Waals surface area (Å²) in [7, 11) is 1.25. The van der Waals surface area contributed by atoms with E-state index in [9.17, 15) is 24.2 Å². The summed E-state index contributed by atoms with van der Waals surface area (Å²) in [4.78, 5) is 31.4. The minimum absolute atomic E-state index is 0.0366. The van der Waals surface area contributed by atoms with Crippen LogP contribution in [0, 0.1) is 0 Å². The maximum Gasteiger partial charge on any atom is 0.351 e. The molecule has 1 saturated heterocycles. The number of benzene rings is 1. The Kier molecular flexibility index (Phi) is 6.89. The minimum atomic E-state index is -2.28. The van der Waals surface area contributed by atoms with Gasteiger partial charge in [0.05, 0.1) is 13.7 Å². The van der Waals surface area contributed by atoms with Crippen LogP contribution in [0.25, 0.3) is 10.4 Å². The number of halogens is 1. The van der Waals surface area contributed by atoms with E-state index in [4.69, 9.17) is 15.0 Å². The average Bonchev–Trinajstić information content (AvgIpc) is 3.37. The molecule has 0 bridgehead atoms. The molecule has 0 spiro atoms. The van der Waals surface area contributed by atoms with Crippen molar-refractivity contribution in [1.29, 1.82) is 0 Å². The van der Waals surface area contributed by atoms with Gasteiger partial charge < -0.3 is 30.3 Å². The maximum absolute atomic E-state index is 14.7. The molecule has 35 heavy (non-hydrogen) atoms. The van der Waals surface area contributed by atoms with E-state index in [-0.39, 0.29) is 11.9 Å². The monoisotopic (exact) mass is 489 g/mol. The fourth-order valence-electron chi connectivity index (χ4n) is 4.30. The fourth-order valence-corrected chi connectivity index (χ4v) is 4.30. The van der Waals surface area contributed by atoms with Crippen LogP contribution in [0.2, 0.25) is 0 Å². The summed E-state index contributed by atoms with van der Waals surface area (Å²) >= 11 is 0. The number of hydrogen-bond donors (Lipinski definition) is 4. The Morgan fingerprint density at radius 1 is 1.51 bits per heavy atom. The van der Waals surface area contributed by atoms with Gasteiger partial charge in [-0.25, -0.2) is 14.0 Å². The van der Waals surface area contributed by atoms with E-state index in [1.54, 1.807) is 0 Å². The quantitative estimate of drug-likeness (QED) is 0.181. The van der Waals surface area contributed by atoms with Gasteiger partial charge in [0, 0.05) is 22.8 Å². The van der Waals surface area contributed by atoms with E-state index in [0.29, 0.717) is 12.8 Å². The number of aliphatic hydroxyl groups excluding tert-OH is 2. The van der Waals surface area contributed by atoms with Crippen molar-refractivity contribution in [3.63, 3.8) is 0 Å². The van der Waals surface area contributed by atoms with E-state index in [1.807, 2.05) is 24.3 Å². The average molecular weight is 489 g/mol. The number of azide groups is 1. The Labute approximate surface area is 198 Å². The second kappa shape index (κ2) is 9.88. The molecular weight excluding hydrogens is 465 g/mol. The SMILES string of the molecule is COC(=O)[C@H](CC1Cc2ccccc2N1)Nc1ccn(C2O[C@@](CO)(N=[N+]=[N-])C(O)[C@@H]2F)c(=O)n1. The molecule has 2 aromatic rings. The molecule has 3 unspecified atom stereocenters. The highest BCUT2D eigenvalue weighted by molar-refractivity contribution is 5.79. The molecule has 1 fully saturated rings. The highest BCUT2D eigenvalue weighted by Gasteiger charge is 2.56. The summed E-state index contributed by atoms with van der Waals surface area (Å²) in [5.41, 5.74) is 7.55.